The van der Waals surface area contributed by atoms with Crippen molar-refractivity contribution >= 4 is 34.2 Å². The van der Waals surface area contributed by atoms with Gasteiger partial charge in [-0.05, 0) is 29.8 Å². The minimum atomic E-state index is -0.0437. The van der Waals surface area contributed by atoms with Crippen LogP contribution in [-0.2, 0) is 12.0 Å². The SMILES string of the molecule is CC(C)(C)c1nc2ccccc2n1Cc1ccc(Cl)cc1Cl. The molecule has 0 fully saturated rings. The molecule has 0 unspecified atom stereocenters. The fourth-order valence-corrected chi connectivity index (χ4v) is 3.10. The largest absolute Gasteiger partial charge is 0.323 e. The summed E-state index contributed by atoms with van der Waals surface area (Å²) in [6, 6.07) is 13.8. The Balaban J connectivity index is 2.16. The first kappa shape index (κ1) is 15.4. The summed E-state index contributed by atoms with van der Waals surface area (Å²) in [4.78, 5) is 4.82. The van der Waals surface area contributed by atoms with Crippen molar-refractivity contribution in [2.45, 2.75) is 32.7 Å². The lowest BCUT2D eigenvalue weighted by molar-refractivity contribution is 0.516. The maximum absolute atomic E-state index is 6.35. The summed E-state index contributed by atoms with van der Waals surface area (Å²) in [6.07, 6.45) is 0. The Morgan fingerprint density at radius 3 is 2.45 bits per heavy atom. The van der Waals surface area contributed by atoms with E-state index >= 15 is 0 Å². The van der Waals surface area contributed by atoms with Crippen LogP contribution in [0.25, 0.3) is 11.0 Å². The minimum absolute atomic E-state index is 0.0437. The Hall–Kier alpha value is -1.51. The van der Waals surface area contributed by atoms with Gasteiger partial charge in [0.25, 0.3) is 0 Å². The Bertz CT molecular complexity index is 829. The average molecular weight is 333 g/mol. The molecule has 0 spiro atoms. The van der Waals surface area contributed by atoms with Gasteiger partial charge < -0.3 is 4.57 Å². The molecule has 0 aliphatic rings. The number of aromatic nitrogens is 2. The predicted molar refractivity (Wildman–Crippen MR) is 94.0 cm³/mol. The number of imidazole rings is 1. The standard InChI is InChI=1S/C18H18Cl2N2/c1-18(2,3)17-21-15-6-4-5-7-16(15)22(17)11-12-8-9-13(19)10-14(12)20/h4-10H,11H2,1-3H3. The van der Waals surface area contributed by atoms with Crippen molar-refractivity contribution in [2.75, 3.05) is 0 Å². The van der Waals surface area contributed by atoms with Gasteiger partial charge in [0.2, 0.25) is 0 Å². The third kappa shape index (κ3) is 2.86. The molecular weight excluding hydrogens is 315 g/mol. The second-order valence-corrected chi connectivity index (χ2v) is 7.34. The molecule has 0 saturated carbocycles. The van der Waals surface area contributed by atoms with Crippen LogP contribution in [0.15, 0.2) is 42.5 Å². The molecule has 0 bridgehead atoms. The molecule has 1 aromatic heterocycles. The molecule has 4 heteroatoms. The van der Waals surface area contributed by atoms with Crippen LogP contribution in [0.4, 0.5) is 0 Å². The fraction of sp³-hybridized carbons (Fsp3) is 0.278. The van der Waals surface area contributed by atoms with E-state index in [9.17, 15) is 0 Å². The molecule has 0 atom stereocenters. The Kier molecular flexibility index (Phi) is 3.92. The number of fused-ring (bicyclic) bond motifs is 1. The van der Waals surface area contributed by atoms with E-state index in [1.165, 1.54) is 0 Å². The third-order valence-corrected chi connectivity index (χ3v) is 4.26. The topological polar surface area (TPSA) is 17.8 Å². The zero-order chi connectivity index (χ0) is 15.9. The summed E-state index contributed by atoms with van der Waals surface area (Å²) in [5.41, 5.74) is 3.13. The van der Waals surface area contributed by atoms with E-state index in [0.29, 0.717) is 16.6 Å². The van der Waals surface area contributed by atoms with Gasteiger partial charge in [-0.15, -0.1) is 0 Å². The highest BCUT2D eigenvalue weighted by Gasteiger charge is 2.23. The number of rotatable bonds is 2. The first-order valence-corrected chi connectivity index (χ1v) is 8.01. The van der Waals surface area contributed by atoms with Crippen LogP contribution < -0.4 is 0 Å². The van der Waals surface area contributed by atoms with Crippen molar-refractivity contribution in [3.63, 3.8) is 0 Å². The zero-order valence-electron chi connectivity index (χ0n) is 12.9. The number of hydrogen-bond acceptors (Lipinski definition) is 1. The number of halogens is 2. The number of nitrogens with zero attached hydrogens (tertiary/aromatic N) is 2. The van der Waals surface area contributed by atoms with Gasteiger partial charge in [-0.2, -0.15) is 0 Å². The molecule has 0 saturated heterocycles. The second-order valence-electron chi connectivity index (χ2n) is 6.50. The molecule has 0 aliphatic heterocycles. The van der Waals surface area contributed by atoms with Crippen molar-refractivity contribution in [3.8, 4) is 0 Å². The van der Waals surface area contributed by atoms with Gasteiger partial charge in [-0.1, -0.05) is 62.2 Å². The lowest BCUT2D eigenvalue weighted by atomic mass is 9.95. The van der Waals surface area contributed by atoms with Crippen molar-refractivity contribution in [1.29, 1.82) is 0 Å². The number of para-hydroxylation sites is 2. The van der Waals surface area contributed by atoms with Crippen LogP contribution in [0.5, 0.6) is 0 Å². The van der Waals surface area contributed by atoms with E-state index in [1.807, 2.05) is 30.3 Å². The molecule has 3 aromatic rings. The Morgan fingerprint density at radius 2 is 1.77 bits per heavy atom. The first-order chi connectivity index (χ1) is 10.4. The fourth-order valence-electron chi connectivity index (χ4n) is 2.63. The maximum Gasteiger partial charge on any atom is 0.115 e. The van der Waals surface area contributed by atoms with E-state index in [4.69, 9.17) is 28.2 Å². The van der Waals surface area contributed by atoms with Crippen LogP contribution in [0.2, 0.25) is 10.0 Å². The van der Waals surface area contributed by atoms with Gasteiger partial charge in [0.05, 0.1) is 17.6 Å². The molecule has 0 radical (unpaired) electrons. The highest BCUT2D eigenvalue weighted by molar-refractivity contribution is 6.35. The smallest absolute Gasteiger partial charge is 0.115 e. The second kappa shape index (κ2) is 5.60. The van der Waals surface area contributed by atoms with Gasteiger partial charge >= 0.3 is 0 Å². The highest BCUT2D eigenvalue weighted by atomic mass is 35.5. The molecule has 22 heavy (non-hydrogen) atoms. The van der Waals surface area contributed by atoms with Crippen molar-refractivity contribution in [2.24, 2.45) is 0 Å². The van der Waals surface area contributed by atoms with Crippen LogP contribution in [0, 0.1) is 0 Å². The van der Waals surface area contributed by atoms with Gasteiger partial charge in [-0.3, -0.25) is 0 Å². The molecule has 2 nitrogen and oxygen atoms in total. The summed E-state index contributed by atoms with van der Waals surface area (Å²) >= 11 is 12.3. The maximum atomic E-state index is 6.35. The van der Waals surface area contributed by atoms with Gasteiger partial charge in [0.15, 0.2) is 0 Å². The quantitative estimate of drug-likeness (QED) is 0.589. The van der Waals surface area contributed by atoms with E-state index in [1.54, 1.807) is 6.07 Å². The highest BCUT2D eigenvalue weighted by Crippen LogP contribution is 2.29. The lowest BCUT2D eigenvalue weighted by Gasteiger charge is -2.20. The lowest BCUT2D eigenvalue weighted by Crippen LogP contribution is -2.19. The van der Waals surface area contributed by atoms with Crippen molar-refractivity contribution < 1.29 is 0 Å². The summed E-state index contributed by atoms with van der Waals surface area (Å²) in [6.45, 7) is 7.21. The predicted octanol–water partition coefficient (Wildman–Crippen LogP) is 5.69. The summed E-state index contributed by atoms with van der Waals surface area (Å²) in [5.74, 6) is 1.06. The average Bonchev–Trinajstić information content (AvgIpc) is 2.81. The van der Waals surface area contributed by atoms with Gasteiger partial charge in [0.1, 0.15) is 5.82 Å². The van der Waals surface area contributed by atoms with Crippen molar-refractivity contribution in [3.05, 3.63) is 63.9 Å². The van der Waals surface area contributed by atoms with Crippen LogP contribution in [-0.4, -0.2) is 9.55 Å². The molecule has 0 amide bonds. The minimum Gasteiger partial charge on any atom is -0.323 e. The van der Waals surface area contributed by atoms with Crippen molar-refractivity contribution in [1.82, 2.24) is 9.55 Å². The van der Waals surface area contributed by atoms with Gasteiger partial charge in [0, 0.05) is 15.5 Å². The Morgan fingerprint density at radius 1 is 1.05 bits per heavy atom. The molecule has 0 aliphatic carbocycles. The number of hydrogen-bond donors (Lipinski definition) is 0. The van der Waals surface area contributed by atoms with E-state index in [0.717, 1.165) is 22.4 Å². The molecule has 0 N–H and O–H groups in total. The molecular formula is C18H18Cl2N2. The van der Waals surface area contributed by atoms with E-state index < -0.39 is 0 Å². The first-order valence-electron chi connectivity index (χ1n) is 7.26. The van der Waals surface area contributed by atoms with E-state index in [2.05, 4.69) is 31.4 Å². The van der Waals surface area contributed by atoms with Gasteiger partial charge in [-0.25, -0.2) is 4.98 Å². The zero-order valence-corrected chi connectivity index (χ0v) is 14.4. The molecule has 2 aromatic carbocycles. The van der Waals surface area contributed by atoms with Crippen LogP contribution >= 0.6 is 23.2 Å². The van der Waals surface area contributed by atoms with Crippen LogP contribution in [0.3, 0.4) is 0 Å². The van der Waals surface area contributed by atoms with Crippen LogP contribution in [0.1, 0.15) is 32.2 Å². The summed E-state index contributed by atoms with van der Waals surface area (Å²) in [5, 5.41) is 1.34. The molecule has 1 heterocycles. The monoisotopic (exact) mass is 332 g/mol. The Labute approximate surface area is 140 Å². The molecule has 114 valence electrons. The summed E-state index contributed by atoms with van der Waals surface area (Å²) < 4.78 is 2.24. The molecule has 3 rings (SSSR count). The number of benzene rings is 2. The summed E-state index contributed by atoms with van der Waals surface area (Å²) in [7, 11) is 0. The van der Waals surface area contributed by atoms with E-state index in [-0.39, 0.29) is 5.41 Å². The normalized spacial score (nSPS) is 12.0. The third-order valence-electron chi connectivity index (χ3n) is 3.67.